The molecule has 0 radical (unpaired) electrons. The SMILES string of the molecule is CN=C(NCc1ccc(OC)c(OC)c1)NCc1cccnc1OC1CCCC1.I. The quantitative estimate of drug-likeness (QED) is 0.309. The minimum absolute atomic E-state index is 0. The van der Waals surface area contributed by atoms with Crippen LogP contribution in [0.15, 0.2) is 41.5 Å². The number of ether oxygens (including phenoxy) is 3. The number of halogens is 1. The van der Waals surface area contributed by atoms with Crippen LogP contribution in [0.25, 0.3) is 0 Å². The van der Waals surface area contributed by atoms with Gasteiger partial charge in [-0.2, -0.15) is 0 Å². The van der Waals surface area contributed by atoms with Gasteiger partial charge in [-0.3, -0.25) is 4.99 Å². The number of nitrogens with zero attached hydrogens (tertiary/aromatic N) is 2. The van der Waals surface area contributed by atoms with E-state index < -0.39 is 0 Å². The molecule has 2 aromatic rings. The molecule has 0 aliphatic heterocycles. The van der Waals surface area contributed by atoms with Gasteiger partial charge in [0.25, 0.3) is 0 Å². The second-order valence-electron chi connectivity index (χ2n) is 6.96. The van der Waals surface area contributed by atoms with Gasteiger partial charge in [0.05, 0.1) is 14.2 Å². The molecule has 1 aliphatic rings. The molecular formula is C22H31IN4O3. The second kappa shape index (κ2) is 12.5. The Balaban J connectivity index is 0.00000320. The Morgan fingerprint density at radius 3 is 2.50 bits per heavy atom. The average molecular weight is 526 g/mol. The smallest absolute Gasteiger partial charge is 0.218 e. The molecule has 0 unspecified atom stereocenters. The summed E-state index contributed by atoms with van der Waals surface area (Å²) < 4.78 is 16.8. The molecule has 0 bridgehead atoms. The van der Waals surface area contributed by atoms with Crippen LogP contribution in [0.1, 0.15) is 36.8 Å². The summed E-state index contributed by atoms with van der Waals surface area (Å²) in [6, 6.07) is 9.81. The molecule has 164 valence electrons. The van der Waals surface area contributed by atoms with Crippen molar-refractivity contribution in [3.8, 4) is 17.4 Å². The largest absolute Gasteiger partial charge is 0.493 e. The maximum atomic E-state index is 6.11. The highest BCUT2D eigenvalue weighted by Gasteiger charge is 2.18. The minimum Gasteiger partial charge on any atom is -0.493 e. The van der Waals surface area contributed by atoms with Crippen LogP contribution in [0.3, 0.4) is 0 Å². The van der Waals surface area contributed by atoms with Gasteiger partial charge in [0, 0.05) is 31.9 Å². The highest BCUT2D eigenvalue weighted by atomic mass is 127. The maximum Gasteiger partial charge on any atom is 0.218 e. The van der Waals surface area contributed by atoms with Crippen LogP contribution in [0.5, 0.6) is 17.4 Å². The van der Waals surface area contributed by atoms with E-state index >= 15 is 0 Å². The number of pyridine rings is 1. The molecule has 3 rings (SSSR count). The van der Waals surface area contributed by atoms with Crippen molar-refractivity contribution in [3.05, 3.63) is 47.7 Å². The third-order valence-corrected chi connectivity index (χ3v) is 5.01. The van der Waals surface area contributed by atoms with E-state index in [0.717, 1.165) is 24.0 Å². The topological polar surface area (TPSA) is 77.0 Å². The lowest BCUT2D eigenvalue weighted by Crippen LogP contribution is -2.36. The van der Waals surface area contributed by atoms with Crippen LogP contribution >= 0.6 is 24.0 Å². The first-order valence-corrected chi connectivity index (χ1v) is 9.99. The zero-order valence-electron chi connectivity index (χ0n) is 17.8. The molecule has 1 aromatic heterocycles. The summed E-state index contributed by atoms with van der Waals surface area (Å²) in [5, 5.41) is 6.65. The fraction of sp³-hybridized carbons (Fsp3) is 0.455. The summed E-state index contributed by atoms with van der Waals surface area (Å²) in [6.45, 7) is 1.19. The fourth-order valence-corrected chi connectivity index (χ4v) is 3.40. The van der Waals surface area contributed by atoms with Crippen molar-refractivity contribution in [3.63, 3.8) is 0 Å². The lowest BCUT2D eigenvalue weighted by atomic mass is 10.2. The van der Waals surface area contributed by atoms with Crippen molar-refractivity contribution in [1.29, 1.82) is 0 Å². The average Bonchev–Trinajstić information content (AvgIpc) is 3.27. The van der Waals surface area contributed by atoms with Crippen molar-refractivity contribution in [1.82, 2.24) is 15.6 Å². The van der Waals surface area contributed by atoms with Gasteiger partial charge in [0.2, 0.25) is 5.88 Å². The van der Waals surface area contributed by atoms with E-state index in [-0.39, 0.29) is 30.1 Å². The van der Waals surface area contributed by atoms with Crippen molar-refractivity contribution in [2.45, 2.75) is 44.9 Å². The van der Waals surface area contributed by atoms with Gasteiger partial charge >= 0.3 is 0 Å². The summed E-state index contributed by atoms with van der Waals surface area (Å²) in [7, 11) is 5.02. The zero-order chi connectivity index (χ0) is 20.5. The minimum atomic E-state index is 0. The first-order chi connectivity index (χ1) is 14.2. The number of rotatable bonds is 8. The molecule has 8 heteroatoms. The van der Waals surface area contributed by atoms with Gasteiger partial charge in [0.15, 0.2) is 17.5 Å². The van der Waals surface area contributed by atoms with E-state index in [9.17, 15) is 0 Å². The Morgan fingerprint density at radius 2 is 1.80 bits per heavy atom. The lowest BCUT2D eigenvalue weighted by Gasteiger charge is -2.17. The van der Waals surface area contributed by atoms with E-state index in [1.807, 2.05) is 30.3 Å². The number of methoxy groups -OCH3 is 2. The van der Waals surface area contributed by atoms with Crippen LogP contribution in [-0.4, -0.2) is 38.3 Å². The summed E-state index contributed by atoms with van der Waals surface area (Å²) in [6.07, 6.45) is 6.75. The van der Waals surface area contributed by atoms with Crippen LogP contribution in [0.4, 0.5) is 0 Å². The van der Waals surface area contributed by atoms with Crippen LogP contribution < -0.4 is 24.8 Å². The highest BCUT2D eigenvalue weighted by Crippen LogP contribution is 2.27. The molecule has 0 atom stereocenters. The first kappa shape index (κ1) is 24.0. The molecule has 7 nitrogen and oxygen atoms in total. The molecule has 0 spiro atoms. The van der Waals surface area contributed by atoms with Gasteiger partial charge in [-0.05, 0) is 49.4 Å². The van der Waals surface area contributed by atoms with Crippen molar-refractivity contribution < 1.29 is 14.2 Å². The molecule has 1 aromatic carbocycles. The Hall–Kier alpha value is -2.23. The van der Waals surface area contributed by atoms with Crippen molar-refractivity contribution in [2.24, 2.45) is 4.99 Å². The van der Waals surface area contributed by atoms with E-state index in [1.165, 1.54) is 12.8 Å². The predicted octanol–water partition coefficient (Wildman–Crippen LogP) is 3.90. The van der Waals surface area contributed by atoms with E-state index in [4.69, 9.17) is 14.2 Å². The summed E-state index contributed by atoms with van der Waals surface area (Å²) >= 11 is 0. The summed E-state index contributed by atoms with van der Waals surface area (Å²) in [4.78, 5) is 8.73. The first-order valence-electron chi connectivity index (χ1n) is 9.99. The second-order valence-corrected chi connectivity index (χ2v) is 6.96. The number of aromatic nitrogens is 1. The zero-order valence-corrected chi connectivity index (χ0v) is 20.1. The van der Waals surface area contributed by atoms with Gasteiger partial charge < -0.3 is 24.8 Å². The van der Waals surface area contributed by atoms with Gasteiger partial charge in [0.1, 0.15) is 6.10 Å². The van der Waals surface area contributed by atoms with Crippen LogP contribution in [0.2, 0.25) is 0 Å². The Labute approximate surface area is 195 Å². The monoisotopic (exact) mass is 526 g/mol. The summed E-state index contributed by atoms with van der Waals surface area (Å²) in [5.41, 5.74) is 2.09. The highest BCUT2D eigenvalue weighted by molar-refractivity contribution is 14.0. The number of guanidine groups is 1. The standard InChI is InChI=1S/C22H30N4O3.HI/c1-23-22(25-14-16-10-11-19(27-2)20(13-16)28-3)26-15-17-7-6-12-24-21(17)29-18-8-4-5-9-18;/h6-7,10-13,18H,4-5,8-9,14-15H2,1-3H3,(H2,23,25,26);1H. The Morgan fingerprint density at radius 1 is 1.07 bits per heavy atom. The number of benzene rings is 1. The van der Waals surface area contributed by atoms with E-state index in [0.29, 0.717) is 36.4 Å². The number of hydrogen-bond acceptors (Lipinski definition) is 5. The maximum absolute atomic E-state index is 6.11. The molecular weight excluding hydrogens is 495 g/mol. The number of hydrogen-bond donors (Lipinski definition) is 2. The van der Waals surface area contributed by atoms with E-state index in [2.05, 4.69) is 20.6 Å². The third kappa shape index (κ3) is 6.65. The molecule has 2 N–H and O–H groups in total. The molecule has 1 saturated carbocycles. The number of nitrogens with one attached hydrogen (secondary N) is 2. The van der Waals surface area contributed by atoms with Gasteiger partial charge in [-0.1, -0.05) is 12.1 Å². The Bertz CT molecular complexity index is 826. The van der Waals surface area contributed by atoms with Gasteiger partial charge in [-0.15, -0.1) is 24.0 Å². The predicted molar refractivity (Wildman–Crippen MR) is 129 cm³/mol. The lowest BCUT2D eigenvalue weighted by molar-refractivity contribution is 0.199. The van der Waals surface area contributed by atoms with Crippen LogP contribution in [0, 0.1) is 0 Å². The molecule has 30 heavy (non-hydrogen) atoms. The normalized spacial score (nSPS) is 14.0. The van der Waals surface area contributed by atoms with Gasteiger partial charge in [-0.25, -0.2) is 4.98 Å². The molecule has 1 heterocycles. The molecule has 1 aliphatic carbocycles. The van der Waals surface area contributed by atoms with Crippen molar-refractivity contribution in [2.75, 3.05) is 21.3 Å². The molecule has 1 fully saturated rings. The third-order valence-electron chi connectivity index (χ3n) is 5.01. The Kier molecular flexibility index (Phi) is 9.99. The molecule has 0 amide bonds. The van der Waals surface area contributed by atoms with Crippen LogP contribution in [-0.2, 0) is 13.1 Å². The fourth-order valence-electron chi connectivity index (χ4n) is 3.40. The number of aliphatic imine (C=N–C) groups is 1. The van der Waals surface area contributed by atoms with Crippen molar-refractivity contribution >= 4 is 29.9 Å². The molecule has 0 saturated heterocycles. The van der Waals surface area contributed by atoms with E-state index in [1.54, 1.807) is 27.5 Å². The summed E-state index contributed by atoms with van der Waals surface area (Å²) in [5.74, 6) is 2.83.